The smallest absolute Gasteiger partial charge is 0.272 e. The van der Waals surface area contributed by atoms with Crippen LogP contribution in [-0.4, -0.2) is 63.0 Å². The molecule has 3 amide bonds. The predicted molar refractivity (Wildman–Crippen MR) is 120 cm³/mol. The highest BCUT2D eigenvalue weighted by molar-refractivity contribution is 5.99. The Morgan fingerprint density at radius 2 is 1.81 bits per heavy atom. The quantitative estimate of drug-likeness (QED) is 0.778. The molecule has 2 aromatic rings. The van der Waals surface area contributed by atoms with E-state index in [0.29, 0.717) is 25.3 Å². The third-order valence-corrected chi connectivity index (χ3v) is 6.33. The van der Waals surface area contributed by atoms with Gasteiger partial charge in [-0.1, -0.05) is 24.3 Å². The summed E-state index contributed by atoms with van der Waals surface area (Å²) in [5, 5.41) is 7.14. The Morgan fingerprint density at radius 3 is 2.56 bits per heavy atom. The number of fused-ring (bicyclic) bond motifs is 1. The summed E-state index contributed by atoms with van der Waals surface area (Å²) in [6.45, 7) is 6.95. The Hall–Kier alpha value is -3.16. The number of piperidine rings is 1. The second kappa shape index (κ2) is 9.54. The summed E-state index contributed by atoms with van der Waals surface area (Å²) in [7, 11) is 0. The molecular formula is C24H31N5O3. The van der Waals surface area contributed by atoms with Crippen LogP contribution in [-0.2, 0) is 17.9 Å². The fourth-order valence-corrected chi connectivity index (χ4v) is 4.41. The summed E-state index contributed by atoms with van der Waals surface area (Å²) in [6.07, 6.45) is 3.90. The van der Waals surface area contributed by atoms with Gasteiger partial charge in [-0.15, -0.1) is 0 Å². The second-order valence-corrected chi connectivity index (χ2v) is 8.73. The lowest BCUT2D eigenvalue weighted by Crippen LogP contribution is -2.48. The minimum absolute atomic E-state index is 0.0701. The normalized spacial score (nSPS) is 17.5. The van der Waals surface area contributed by atoms with Gasteiger partial charge in [0.15, 0.2) is 5.69 Å². The maximum absolute atomic E-state index is 13.2. The molecule has 1 fully saturated rings. The molecule has 1 unspecified atom stereocenters. The lowest BCUT2D eigenvalue weighted by molar-refractivity contribution is -0.133. The Kier molecular flexibility index (Phi) is 6.58. The van der Waals surface area contributed by atoms with Crippen molar-refractivity contribution >= 4 is 17.7 Å². The summed E-state index contributed by atoms with van der Waals surface area (Å²) in [4.78, 5) is 42.2. The summed E-state index contributed by atoms with van der Waals surface area (Å²) in [6, 6.07) is 8.95. The zero-order valence-corrected chi connectivity index (χ0v) is 18.8. The summed E-state index contributed by atoms with van der Waals surface area (Å²) < 4.78 is 1.62. The molecule has 0 aliphatic carbocycles. The van der Waals surface area contributed by atoms with Crippen LogP contribution in [0.5, 0.6) is 0 Å². The van der Waals surface area contributed by atoms with Gasteiger partial charge in [0.05, 0.1) is 0 Å². The van der Waals surface area contributed by atoms with Gasteiger partial charge in [0.1, 0.15) is 11.7 Å². The molecule has 0 saturated carbocycles. The summed E-state index contributed by atoms with van der Waals surface area (Å²) >= 11 is 0. The van der Waals surface area contributed by atoms with E-state index in [4.69, 9.17) is 0 Å². The Labute approximate surface area is 188 Å². The van der Waals surface area contributed by atoms with Crippen molar-refractivity contribution < 1.29 is 14.4 Å². The van der Waals surface area contributed by atoms with E-state index in [0.717, 1.165) is 49.9 Å². The largest absolute Gasteiger partial charge is 0.341 e. The molecule has 1 aromatic heterocycles. The van der Waals surface area contributed by atoms with Crippen molar-refractivity contribution in [1.29, 1.82) is 0 Å². The number of hydrogen-bond donors (Lipinski definition) is 1. The van der Waals surface area contributed by atoms with Gasteiger partial charge < -0.3 is 15.1 Å². The van der Waals surface area contributed by atoms with Gasteiger partial charge in [-0.2, -0.15) is 5.10 Å². The molecule has 8 nitrogen and oxygen atoms in total. The highest BCUT2D eigenvalue weighted by atomic mass is 16.2. The molecule has 8 heteroatoms. The van der Waals surface area contributed by atoms with Gasteiger partial charge >= 0.3 is 0 Å². The lowest BCUT2D eigenvalue weighted by atomic mass is 10.1. The molecule has 0 radical (unpaired) electrons. The standard InChI is InChI=1S/C24H31N5O3/c1-17-9-4-5-10-19(17)16-28-13-8-14-29-21(24(28)32)15-20(26-29)22(30)25-18(2)23(31)27-11-6-3-7-12-27/h4-5,9-10,15,18H,3,6-8,11-14,16H2,1-2H3,(H,25,30). The van der Waals surface area contributed by atoms with Gasteiger partial charge in [0.25, 0.3) is 11.8 Å². The van der Waals surface area contributed by atoms with Crippen LogP contribution < -0.4 is 5.32 Å². The molecule has 170 valence electrons. The molecule has 3 heterocycles. The molecule has 0 bridgehead atoms. The van der Waals surface area contributed by atoms with E-state index in [2.05, 4.69) is 10.4 Å². The molecule has 2 aliphatic rings. The van der Waals surface area contributed by atoms with E-state index in [1.807, 2.05) is 41.0 Å². The summed E-state index contributed by atoms with van der Waals surface area (Å²) in [5.41, 5.74) is 2.84. The van der Waals surface area contributed by atoms with Crippen LogP contribution in [0.3, 0.4) is 0 Å². The molecule has 1 saturated heterocycles. The van der Waals surface area contributed by atoms with Gasteiger partial charge in [-0.3, -0.25) is 19.1 Å². The van der Waals surface area contributed by atoms with Gasteiger partial charge in [-0.05, 0) is 50.7 Å². The first kappa shape index (κ1) is 22.0. The SMILES string of the molecule is Cc1ccccc1CN1CCCn2nc(C(=O)NC(C)C(=O)N3CCCCC3)cc2C1=O. The predicted octanol–water partition coefficient (Wildman–Crippen LogP) is 2.37. The Morgan fingerprint density at radius 1 is 1.06 bits per heavy atom. The van der Waals surface area contributed by atoms with Crippen LogP contribution >= 0.6 is 0 Å². The van der Waals surface area contributed by atoms with E-state index >= 15 is 0 Å². The number of benzene rings is 1. The molecular weight excluding hydrogens is 406 g/mol. The number of nitrogens with one attached hydrogen (secondary N) is 1. The van der Waals surface area contributed by atoms with Gasteiger partial charge in [0, 0.05) is 38.8 Å². The monoisotopic (exact) mass is 437 g/mol. The van der Waals surface area contributed by atoms with Crippen molar-refractivity contribution in [2.24, 2.45) is 0 Å². The Bertz CT molecular complexity index is 1010. The van der Waals surface area contributed by atoms with Gasteiger partial charge in [0.2, 0.25) is 5.91 Å². The molecule has 32 heavy (non-hydrogen) atoms. The third kappa shape index (κ3) is 4.69. The molecule has 0 spiro atoms. The topological polar surface area (TPSA) is 87.5 Å². The highest BCUT2D eigenvalue weighted by Crippen LogP contribution is 2.18. The number of aryl methyl sites for hydroxylation is 2. The van der Waals surface area contributed by atoms with Crippen molar-refractivity contribution in [2.75, 3.05) is 19.6 Å². The number of likely N-dealkylation sites (tertiary alicyclic amines) is 1. The number of aromatic nitrogens is 2. The lowest BCUT2D eigenvalue weighted by Gasteiger charge is -2.29. The maximum Gasteiger partial charge on any atom is 0.272 e. The van der Waals surface area contributed by atoms with E-state index in [-0.39, 0.29) is 17.5 Å². The summed E-state index contributed by atoms with van der Waals surface area (Å²) in [5.74, 6) is -0.629. The molecule has 4 rings (SSSR count). The van der Waals surface area contributed by atoms with Crippen LogP contribution in [0, 0.1) is 6.92 Å². The first-order chi connectivity index (χ1) is 15.4. The zero-order valence-electron chi connectivity index (χ0n) is 18.8. The zero-order chi connectivity index (χ0) is 22.7. The van der Waals surface area contributed by atoms with Crippen molar-refractivity contribution in [3.63, 3.8) is 0 Å². The van der Waals surface area contributed by atoms with Crippen LogP contribution in [0.2, 0.25) is 0 Å². The third-order valence-electron chi connectivity index (χ3n) is 6.33. The van der Waals surface area contributed by atoms with Crippen molar-refractivity contribution in [3.8, 4) is 0 Å². The number of carbonyl (C=O) groups excluding carboxylic acids is 3. The maximum atomic E-state index is 13.2. The fourth-order valence-electron chi connectivity index (χ4n) is 4.41. The van der Waals surface area contributed by atoms with Crippen LogP contribution in [0.4, 0.5) is 0 Å². The second-order valence-electron chi connectivity index (χ2n) is 8.73. The molecule has 1 N–H and O–H groups in total. The van der Waals surface area contributed by atoms with Crippen LogP contribution in [0.1, 0.15) is 64.7 Å². The van der Waals surface area contributed by atoms with E-state index < -0.39 is 11.9 Å². The highest BCUT2D eigenvalue weighted by Gasteiger charge is 2.28. The van der Waals surface area contributed by atoms with Crippen molar-refractivity contribution in [1.82, 2.24) is 24.9 Å². The van der Waals surface area contributed by atoms with Crippen LogP contribution in [0.25, 0.3) is 0 Å². The number of nitrogens with zero attached hydrogens (tertiary/aromatic N) is 4. The number of rotatable bonds is 5. The van der Waals surface area contributed by atoms with Crippen molar-refractivity contribution in [3.05, 3.63) is 52.8 Å². The number of hydrogen-bond acceptors (Lipinski definition) is 4. The average molecular weight is 438 g/mol. The molecule has 1 aromatic carbocycles. The minimum Gasteiger partial charge on any atom is -0.341 e. The molecule has 2 aliphatic heterocycles. The number of amides is 3. The van der Waals surface area contributed by atoms with Gasteiger partial charge in [-0.25, -0.2) is 0 Å². The minimum atomic E-state index is -0.629. The first-order valence-electron chi connectivity index (χ1n) is 11.5. The molecule has 1 atom stereocenters. The average Bonchev–Trinajstić information content (AvgIpc) is 3.18. The fraction of sp³-hybridized carbons (Fsp3) is 0.500. The number of carbonyl (C=O) groups is 3. The van der Waals surface area contributed by atoms with E-state index in [9.17, 15) is 14.4 Å². The first-order valence-corrected chi connectivity index (χ1v) is 11.5. The van der Waals surface area contributed by atoms with Crippen molar-refractivity contribution in [2.45, 2.75) is 58.7 Å². The van der Waals surface area contributed by atoms with Crippen LogP contribution in [0.15, 0.2) is 30.3 Å². The van der Waals surface area contributed by atoms with E-state index in [1.54, 1.807) is 17.7 Å². The van der Waals surface area contributed by atoms with E-state index in [1.165, 1.54) is 0 Å². The Balaban J connectivity index is 1.45.